The van der Waals surface area contributed by atoms with Crippen LogP contribution in [-0.4, -0.2) is 30.2 Å². The third kappa shape index (κ3) is 5.90. The number of nitrogens with zero attached hydrogens (tertiary/aromatic N) is 1. The molecule has 0 unspecified atom stereocenters. The summed E-state index contributed by atoms with van der Waals surface area (Å²) in [6.07, 6.45) is 1.37. The van der Waals surface area contributed by atoms with E-state index in [0.717, 1.165) is 0 Å². The summed E-state index contributed by atoms with van der Waals surface area (Å²) in [5.41, 5.74) is 0.764. The van der Waals surface area contributed by atoms with Crippen molar-refractivity contribution in [2.75, 3.05) is 18.5 Å². The summed E-state index contributed by atoms with van der Waals surface area (Å²) >= 11 is 0. The molecule has 7 nitrogen and oxygen atoms in total. The molecule has 2 aromatic carbocycles. The van der Waals surface area contributed by atoms with Crippen molar-refractivity contribution in [3.8, 4) is 17.6 Å². The van der Waals surface area contributed by atoms with E-state index < -0.39 is 11.9 Å². The number of carbonyl (C=O) groups excluding carboxylic acids is 2. The number of esters is 1. The number of carbonyl (C=O) groups is 2. The highest BCUT2D eigenvalue weighted by Gasteiger charge is 2.12. The predicted molar refractivity (Wildman–Crippen MR) is 98.9 cm³/mol. The van der Waals surface area contributed by atoms with Crippen LogP contribution in [0.2, 0.25) is 0 Å². The highest BCUT2D eigenvalue weighted by molar-refractivity contribution is 6.09. The Morgan fingerprint density at radius 3 is 2.56 bits per heavy atom. The van der Waals surface area contributed by atoms with E-state index in [4.69, 9.17) is 9.47 Å². The lowest BCUT2D eigenvalue weighted by atomic mass is 10.1. The van der Waals surface area contributed by atoms with Crippen LogP contribution in [0.25, 0.3) is 6.08 Å². The number of aromatic hydroxyl groups is 1. The molecule has 0 aliphatic carbocycles. The summed E-state index contributed by atoms with van der Waals surface area (Å²) in [6.45, 7) is 1.67. The van der Waals surface area contributed by atoms with Crippen LogP contribution >= 0.6 is 0 Å². The van der Waals surface area contributed by atoms with Gasteiger partial charge in [0.2, 0.25) is 0 Å². The molecule has 0 aliphatic rings. The third-order valence-electron chi connectivity index (χ3n) is 3.36. The van der Waals surface area contributed by atoms with Crippen LogP contribution in [0.15, 0.2) is 54.1 Å². The van der Waals surface area contributed by atoms with E-state index in [1.54, 1.807) is 31.2 Å². The van der Waals surface area contributed by atoms with Crippen LogP contribution in [0.1, 0.15) is 12.5 Å². The number of benzene rings is 2. The molecular formula is C20H18N2O5. The molecule has 0 saturated heterocycles. The van der Waals surface area contributed by atoms with Crippen molar-refractivity contribution in [1.82, 2.24) is 0 Å². The number of hydrogen-bond acceptors (Lipinski definition) is 6. The van der Waals surface area contributed by atoms with Crippen molar-refractivity contribution in [3.63, 3.8) is 0 Å². The van der Waals surface area contributed by atoms with Gasteiger partial charge in [-0.15, -0.1) is 0 Å². The quantitative estimate of drug-likeness (QED) is 0.338. The average molecular weight is 366 g/mol. The Balaban J connectivity index is 2.16. The molecule has 0 aromatic heterocycles. The first-order valence-electron chi connectivity index (χ1n) is 8.13. The molecule has 0 fully saturated rings. The van der Waals surface area contributed by atoms with Gasteiger partial charge in [0.05, 0.1) is 6.61 Å². The molecule has 2 aromatic rings. The van der Waals surface area contributed by atoms with Crippen LogP contribution in [0, 0.1) is 11.3 Å². The van der Waals surface area contributed by atoms with E-state index in [1.165, 1.54) is 30.3 Å². The third-order valence-corrected chi connectivity index (χ3v) is 3.36. The first-order chi connectivity index (χ1) is 13.0. The lowest BCUT2D eigenvalue weighted by molar-refractivity contribution is -0.145. The summed E-state index contributed by atoms with van der Waals surface area (Å²) in [6, 6.07) is 14.4. The Morgan fingerprint density at radius 2 is 1.89 bits per heavy atom. The summed E-state index contributed by atoms with van der Waals surface area (Å²) in [5, 5.41) is 21.2. The molecule has 0 heterocycles. The Kier molecular flexibility index (Phi) is 6.97. The van der Waals surface area contributed by atoms with Crippen molar-refractivity contribution < 1.29 is 24.2 Å². The number of nitriles is 1. The molecule has 0 bridgehead atoms. The van der Waals surface area contributed by atoms with E-state index in [1.807, 2.05) is 6.07 Å². The number of amides is 1. The Morgan fingerprint density at radius 1 is 1.19 bits per heavy atom. The SMILES string of the molecule is CCOC(=O)COc1ccccc1/C=C(\C#N)C(=O)Nc1ccc(O)cc1. The van der Waals surface area contributed by atoms with Gasteiger partial charge in [-0.25, -0.2) is 4.79 Å². The lowest BCUT2D eigenvalue weighted by Gasteiger charge is -2.09. The maximum absolute atomic E-state index is 12.3. The number of anilines is 1. The normalized spacial score (nSPS) is 10.6. The Bertz CT molecular complexity index is 882. The molecule has 0 atom stereocenters. The first-order valence-corrected chi connectivity index (χ1v) is 8.13. The minimum Gasteiger partial charge on any atom is -0.508 e. The van der Waals surface area contributed by atoms with Gasteiger partial charge in [0.1, 0.15) is 23.1 Å². The molecule has 7 heteroatoms. The van der Waals surface area contributed by atoms with E-state index in [-0.39, 0.29) is 24.5 Å². The largest absolute Gasteiger partial charge is 0.508 e. The highest BCUT2D eigenvalue weighted by Crippen LogP contribution is 2.22. The number of para-hydroxylation sites is 1. The van der Waals surface area contributed by atoms with Gasteiger partial charge < -0.3 is 19.9 Å². The molecule has 2 rings (SSSR count). The van der Waals surface area contributed by atoms with Gasteiger partial charge in [-0.3, -0.25) is 4.79 Å². The molecule has 0 aliphatic heterocycles. The summed E-state index contributed by atoms with van der Waals surface area (Å²) in [7, 11) is 0. The molecule has 2 N–H and O–H groups in total. The predicted octanol–water partition coefficient (Wildman–Crippen LogP) is 2.88. The maximum Gasteiger partial charge on any atom is 0.344 e. The molecule has 0 spiro atoms. The minimum atomic E-state index is -0.608. The number of ether oxygens (including phenoxy) is 2. The lowest BCUT2D eigenvalue weighted by Crippen LogP contribution is -2.15. The maximum atomic E-state index is 12.3. The van der Waals surface area contributed by atoms with Crippen LogP contribution in [0.3, 0.4) is 0 Å². The second-order valence-corrected chi connectivity index (χ2v) is 5.30. The zero-order valence-electron chi connectivity index (χ0n) is 14.6. The van der Waals surface area contributed by atoms with Gasteiger partial charge >= 0.3 is 5.97 Å². The molecule has 1 amide bonds. The van der Waals surface area contributed by atoms with Crippen molar-refractivity contribution >= 4 is 23.6 Å². The number of nitrogens with one attached hydrogen (secondary N) is 1. The Labute approximate surface area is 156 Å². The Hall–Kier alpha value is -3.79. The summed E-state index contributed by atoms with van der Waals surface area (Å²) in [5.74, 6) is -0.710. The van der Waals surface area contributed by atoms with Gasteiger partial charge in [-0.1, -0.05) is 18.2 Å². The molecule has 27 heavy (non-hydrogen) atoms. The van der Waals surface area contributed by atoms with Gasteiger partial charge in [0, 0.05) is 11.3 Å². The smallest absolute Gasteiger partial charge is 0.344 e. The van der Waals surface area contributed by atoms with Gasteiger partial charge in [-0.2, -0.15) is 5.26 Å². The summed E-state index contributed by atoms with van der Waals surface area (Å²) in [4.78, 5) is 23.8. The second-order valence-electron chi connectivity index (χ2n) is 5.30. The number of rotatable bonds is 7. The topological polar surface area (TPSA) is 109 Å². The fraction of sp³-hybridized carbons (Fsp3) is 0.150. The first kappa shape index (κ1) is 19.5. The second kappa shape index (κ2) is 9.63. The van der Waals surface area contributed by atoms with Gasteiger partial charge in [-0.05, 0) is 43.3 Å². The van der Waals surface area contributed by atoms with Crippen LogP contribution < -0.4 is 10.1 Å². The van der Waals surface area contributed by atoms with Gasteiger partial charge in [0.15, 0.2) is 6.61 Å². The van der Waals surface area contributed by atoms with Crippen molar-refractivity contribution in [2.45, 2.75) is 6.92 Å². The van der Waals surface area contributed by atoms with Crippen LogP contribution in [-0.2, 0) is 14.3 Å². The van der Waals surface area contributed by atoms with Gasteiger partial charge in [0.25, 0.3) is 5.91 Å². The minimum absolute atomic E-state index is 0.0664. The fourth-order valence-electron chi connectivity index (χ4n) is 2.12. The van der Waals surface area contributed by atoms with E-state index >= 15 is 0 Å². The zero-order valence-corrected chi connectivity index (χ0v) is 14.6. The monoisotopic (exact) mass is 366 g/mol. The van der Waals surface area contributed by atoms with Crippen LogP contribution in [0.5, 0.6) is 11.5 Å². The molecular weight excluding hydrogens is 348 g/mol. The van der Waals surface area contributed by atoms with E-state index in [2.05, 4.69) is 5.32 Å². The summed E-state index contributed by atoms with van der Waals surface area (Å²) < 4.78 is 10.2. The number of phenolic OH excluding ortho intramolecular Hbond substituents is 1. The van der Waals surface area contributed by atoms with Crippen LogP contribution in [0.4, 0.5) is 5.69 Å². The number of phenols is 1. The standard InChI is InChI=1S/C20H18N2O5/c1-2-26-19(24)13-27-18-6-4-3-5-14(18)11-15(12-21)20(25)22-16-7-9-17(23)10-8-16/h3-11,23H,2,13H2,1H3,(H,22,25)/b15-11+. The molecule has 138 valence electrons. The molecule has 0 saturated carbocycles. The zero-order chi connectivity index (χ0) is 19.6. The molecule has 0 radical (unpaired) electrons. The van der Waals surface area contributed by atoms with E-state index in [0.29, 0.717) is 17.0 Å². The average Bonchev–Trinajstić information content (AvgIpc) is 2.67. The van der Waals surface area contributed by atoms with Crippen molar-refractivity contribution in [3.05, 3.63) is 59.7 Å². The fourth-order valence-corrected chi connectivity index (χ4v) is 2.12. The van der Waals surface area contributed by atoms with Crippen molar-refractivity contribution in [1.29, 1.82) is 5.26 Å². The van der Waals surface area contributed by atoms with E-state index in [9.17, 15) is 20.0 Å². The van der Waals surface area contributed by atoms with Crippen molar-refractivity contribution in [2.24, 2.45) is 0 Å². The highest BCUT2D eigenvalue weighted by atomic mass is 16.6. The number of hydrogen-bond donors (Lipinski definition) is 2.